The van der Waals surface area contributed by atoms with Crippen LogP contribution in [0.5, 0.6) is 0 Å². The molecule has 0 radical (unpaired) electrons. The summed E-state index contributed by atoms with van der Waals surface area (Å²) in [4.78, 5) is 12.2. The highest BCUT2D eigenvalue weighted by molar-refractivity contribution is 9.09. The van der Waals surface area contributed by atoms with E-state index in [2.05, 4.69) is 42.0 Å². The van der Waals surface area contributed by atoms with E-state index in [1.54, 1.807) is 18.2 Å². The molecule has 0 aliphatic heterocycles. The number of hydrogen-bond donors (Lipinski definition) is 1. The summed E-state index contributed by atoms with van der Waals surface area (Å²) in [5.74, 6) is -0.148. The quantitative estimate of drug-likeness (QED) is 0.752. The number of alkyl halides is 1. The van der Waals surface area contributed by atoms with E-state index in [4.69, 9.17) is 23.2 Å². The number of amides is 1. The lowest BCUT2D eigenvalue weighted by molar-refractivity contribution is 0.0901. The van der Waals surface area contributed by atoms with E-state index >= 15 is 0 Å². The second-order valence-electron chi connectivity index (χ2n) is 5.53. The molecule has 1 rings (SSSR count). The number of hydrogen-bond acceptors (Lipinski definition) is 1. The third-order valence-corrected chi connectivity index (χ3v) is 3.77. The minimum atomic E-state index is -0.148. The zero-order valence-corrected chi connectivity index (χ0v) is 14.4. The van der Waals surface area contributed by atoms with E-state index in [1.807, 2.05) is 0 Å². The van der Waals surface area contributed by atoms with Crippen LogP contribution in [0.2, 0.25) is 10.0 Å². The van der Waals surface area contributed by atoms with Crippen LogP contribution in [0.4, 0.5) is 0 Å². The van der Waals surface area contributed by atoms with Crippen molar-refractivity contribution in [2.75, 3.05) is 5.33 Å². The van der Waals surface area contributed by atoms with Crippen LogP contribution in [-0.4, -0.2) is 17.3 Å². The lowest BCUT2D eigenvalue weighted by Crippen LogP contribution is -2.44. The number of rotatable bonds is 4. The van der Waals surface area contributed by atoms with Gasteiger partial charge in [-0.2, -0.15) is 0 Å². The van der Waals surface area contributed by atoms with Gasteiger partial charge in [-0.3, -0.25) is 4.79 Å². The molecule has 5 heteroatoms. The van der Waals surface area contributed by atoms with Crippen LogP contribution in [0.3, 0.4) is 0 Å². The van der Waals surface area contributed by atoms with Crippen LogP contribution >= 0.6 is 39.1 Å². The maximum Gasteiger partial charge on any atom is 0.251 e. The topological polar surface area (TPSA) is 29.1 Å². The molecule has 2 nitrogen and oxygen atoms in total. The molecule has 0 aromatic heterocycles. The Hall–Kier alpha value is -0.250. The van der Waals surface area contributed by atoms with Crippen molar-refractivity contribution in [3.8, 4) is 0 Å². The summed E-state index contributed by atoms with van der Waals surface area (Å²) < 4.78 is 0. The molecule has 0 bridgehead atoms. The fourth-order valence-electron chi connectivity index (χ4n) is 1.76. The van der Waals surface area contributed by atoms with Crippen molar-refractivity contribution >= 4 is 45.0 Å². The van der Waals surface area contributed by atoms with Gasteiger partial charge in [0.1, 0.15) is 0 Å². The van der Waals surface area contributed by atoms with Gasteiger partial charge >= 0.3 is 0 Å². The van der Waals surface area contributed by atoms with E-state index in [0.717, 1.165) is 11.8 Å². The highest BCUT2D eigenvalue weighted by Crippen LogP contribution is 2.24. The van der Waals surface area contributed by atoms with Crippen molar-refractivity contribution in [1.29, 1.82) is 0 Å². The largest absolute Gasteiger partial charge is 0.349 e. The third-order valence-electron chi connectivity index (χ3n) is 2.87. The van der Waals surface area contributed by atoms with E-state index in [-0.39, 0.29) is 17.4 Å². The molecule has 0 spiro atoms. The van der Waals surface area contributed by atoms with Gasteiger partial charge in [0.25, 0.3) is 5.91 Å². The van der Waals surface area contributed by atoms with E-state index in [0.29, 0.717) is 15.6 Å². The summed E-state index contributed by atoms with van der Waals surface area (Å²) in [5.41, 5.74) is 0.479. The Morgan fingerprint density at radius 2 is 1.79 bits per heavy atom. The molecule has 106 valence electrons. The first-order chi connectivity index (χ1) is 8.74. The first-order valence-electron chi connectivity index (χ1n) is 6.07. The Morgan fingerprint density at radius 3 is 2.21 bits per heavy atom. The molecule has 1 aromatic rings. The van der Waals surface area contributed by atoms with Crippen LogP contribution in [0.25, 0.3) is 0 Å². The predicted molar refractivity (Wildman–Crippen MR) is 85.6 cm³/mol. The van der Waals surface area contributed by atoms with Crippen molar-refractivity contribution in [2.24, 2.45) is 5.41 Å². The maximum atomic E-state index is 12.2. The monoisotopic (exact) mass is 365 g/mol. The average Bonchev–Trinajstić information content (AvgIpc) is 2.25. The summed E-state index contributed by atoms with van der Waals surface area (Å²) in [6.07, 6.45) is 0.865. The number of benzene rings is 1. The van der Waals surface area contributed by atoms with Gasteiger partial charge in [-0.05, 0) is 30.0 Å². The Bertz CT molecular complexity index is 437. The lowest BCUT2D eigenvalue weighted by Gasteiger charge is -2.31. The molecule has 1 atom stereocenters. The number of carbonyl (C=O) groups is 1. The SMILES string of the molecule is CC(C)(C)C(CCBr)NC(=O)c1cc(Cl)cc(Cl)c1. The van der Waals surface area contributed by atoms with Crippen LogP contribution < -0.4 is 5.32 Å². The van der Waals surface area contributed by atoms with Crippen molar-refractivity contribution in [3.05, 3.63) is 33.8 Å². The highest BCUT2D eigenvalue weighted by atomic mass is 79.9. The maximum absolute atomic E-state index is 12.2. The average molecular weight is 367 g/mol. The minimum Gasteiger partial charge on any atom is -0.349 e. The molecule has 0 heterocycles. The Labute approximate surface area is 133 Å². The van der Waals surface area contributed by atoms with Gasteiger partial charge in [0, 0.05) is 27.0 Å². The van der Waals surface area contributed by atoms with Crippen LogP contribution in [0, 0.1) is 5.41 Å². The van der Waals surface area contributed by atoms with E-state index < -0.39 is 0 Å². The lowest BCUT2D eigenvalue weighted by atomic mass is 9.85. The second kappa shape index (κ2) is 6.96. The molecule has 0 aliphatic carbocycles. The highest BCUT2D eigenvalue weighted by Gasteiger charge is 2.26. The summed E-state index contributed by atoms with van der Waals surface area (Å²) in [6, 6.07) is 4.93. The van der Waals surface area contributed by atoms with Crippen LogP contribution in [0.1, 0.15) is 37.6 Å². The summed E-state index contributed by atoms with van der Waals surface area (Å²) in [7, 11) is 0. The van der Waals surface area contributed by atoms with Crippen molar-refractivity contribution in [2.45, 2.75) is 33.2 Å². The van der Waals surface area contributed by atoms with Crippen molar-refractivity contribution in [1.82, 2.24) is 5.32 Å². The molecule has 0 aliphatic rings. The molecule has 19 heavy (non-hydrogen) atoms. The predicted octanol–water partition coefficient (Wildman–Crippen LogP) is 4.92. The molecule has 1 N–H and O–H groups in total. The molecule has 0 saturated heterocycles. The second-order valence-corrected chi connectivity index (χ2v) is 7.19. The Balaban J connectivity index is 2.87. The normalized spacial score (nSPS) is 13.2. The van der Waals surface area contributed by atoms with Crippen LogP contribution in [0.15, 0.2) is 18.2 Å². The zero-order chi connectivity index (χ0) is 14.6. The zero-order valence-electron chi connectivity index (χ0n) is 11.3. The molecule has 0 fully saturated rings. The third kappa shape index (κ3) is 5.33. The standard InChI is InChI=1S/C14H18BrCl2NO/c1-14(2,3)12(4-5-15)18-13(19)9-6-10(16)8-11(17)7-9/h6-8,12H,4-5H2,1-3H3,(H,18,19). The number of carbonyl (C=O) groups excluding carboxylic acids is 1. The van der Waals surface area contributed by atoms with Gasteiger partial charge in [-0.15, -0.1) is 0 Å². The summed E-state index contributed by atoms with van der Waals surface area (Å²) in [5, 5.41) is 4.81. The molecular weight excluding hydrogens is 349 g/mol. The molecule has 1 aromatic carbocycles. The minimum absolute atomic E-state index is 0.00814. The molecule has 1 unspecified atom stereocenters. The van der Waals surface area contributed by atoms with Gasteiger partial charge in [0.05, 0.1) is 0 Å². The van der Waals surface area contributed by atoms with Gasteiger partial charge in [0.2, 0.25) is 0 Å². The fraction of sp³-hybridized carbons (Fsp3) is 0.500. The van der Waals surface area contributed by atoms with Gasteiger partial charge in [0.15, 0.2) is 0 Å². The van der Waals surface area contributed by atoms with Crippen LogP contribution in [-0.2, 0) is 0 Å². The van der Waals surface area contributed by atoms with Gasteiger partial charge in [-0.1, -0.05) is 59.9 Å². The first kappa shape index (κ1) is 16.8. The van der Waals surface area contributed by atoms with Gasteiger partial charge in [-0.25, -0.2) is 0 Å². The van der Waals surface area contributed by atoms with E-state index in [9.17, 15) is 4.79 Å². The summed E-state index contributed by atoms with van der Waals surface area (Å²) in [6.45, 7) is 6.31. The molecular formula is C14H18BrCl2NO. The molecule has 0 saturated carbocycles. The fourth-order valence-corrected chi connectivity index (χ4v) is 2.74. The Morgan fingerprint density at radius 1 is 1.26 bits per heavy atom. The van der Waals surface area contributed by atoms with Crippen molar-refractivity contribution in [3.63, 3.8) is 0 Å². The number of halogens is 3. The first-order valence-corrected chi connectivity index (χ1v) is 7.94. The van der Waals surface area contributed by atoms with E-state index in [1.165, 1.54) is 0 Å². The molecule has 1 amide bonds. The van der Waals surface area contributed by atoms with Crippen molar-refractivity contribution < 1.29 is 4.79 Å². The summed E-state index contributed by atoms with van der Waals surface area (Å²) >= 11 is 15.2. The van der Waals surface area contributed by atoms with Gasteiger partial charge < -0.3 is 5.32 Å². The smallest absolute Gasteiger partial charge is 0.251 e. The Kier molecular flexibility index (Phi) is 6.15. The number of nitrogens with one attached hydrogen (secondary N) is 1.